The lowest BCUT2D eigenvalue weighted by Gasteiger charge is -2.37. The normalized spacial score (nSPS) is 16.8. The minimum absolute atomic E-state index is 0.0474. The SMILES string of the molecule is CCc1ccc2c(c1)N(CC#N)C(=O)C(C)(C)O2. The van der Waals surface area contributed by atoms with Crippen LogP contribution in [0.5, 0.6) is 5.75 Å². The number of aryl methyl sites for hydroxylation is 1. The van der Waals surface area contributed by atoms with Crippen LogP contribution in [-0.2, 0) is 11.2 Å². The number of rotatable bonds is 2. The van der Waals surface area contributed by atoms with E-state index >= 15 is 0 Å². The molecule has 0 aromatic heterocycles. The van der Waals surface area contributed by atoms with E-state index in [9.17, 15) is 4.79 Å². The fraction of sp³-hybridized carbons (Fsp3) is 0.429. The molecule has 0 N–H and O–H groups in total. The quantitative estimate of drug-likeness (QED) is 0.750. The molecular formula is C14H16N2O2. The van der Waals surface area contributed by atoms with E-state index in [-0.39, 0.29) is 12.5 Å². The van der Waals surface area contributed by atoms with Crippen LogP contribution in [0.25, 0.3) is 0 Å². The first-order chi connectivity index (χ1) is 8.49. The van der Waals surface area contributed by atoms with Gasteiger partial charge < -0.3 is 4.74 Å². The predicted molar refractivity (Wildman–Crippen MR) is 68.5 cm³/mol. The average molecular weight is 244 g/mol. The largest absolute Gasteiger partial charge is 0.476 e. The monoisotopic (exact) mass is 244 g/mol. The number of nitrogens with zero attached hydrogens (tertiary/aromatic N) is 2. The summed E-state index contributed by atoms with van der Waals surface area (Å²) >= 11 is 0. The molecule has 0 radical (unpaired) electrons. The molecule has 1 aromatic carbocycles. The summed E-state index contributed by atoms with van der Waals surface area (Å²) in [5, 5.41) is 8.87. The lowest BCUT2D eigenvalue weighted by Crippen LogP contribution is -2.52. The van der Waals surface area contributed by atoms with E-state index in [1.165, 1.54) is 4.90 Å². The summed E-state index contributed by atoms with van der Waals surface area (Å²) < 4.78 is 5.71. The average Bonchev–Trinajstić information content (AvgIpc) is 2.34. The van der Waals surface area contributed by atoms with Crippen LogP contribution < -0.4 is 9.64 Å². The molecule has 4 heteroatoms. The first-order valence-electron chi connectivity index (χ1n) is 6.00. The zero-order valence-corrected chi connectivity index (χ0v) is 10.9. The lowest BCUT2D eigenvalue weighted by molar-refractivity contribution is -0.132. The second-order valence-electron chi connectivity index (χ2n) is 4.82. The molecule has 0 spiro atoms. The van der Waals surface area contributed by atoms with E-state index < -0.39 is 5.60 Å². The molecule has 2 rings (SSSR count). The molecule has 18 heavy (non-hydrogen) atoms. The Morgan fingerprint density at radius 1 is 1.44 bits per heavy atom. The van der Waals surface area contributed by atoms with E-state index in [0.29, 0.717) is 11.4 Å². The van der Waals surface area contributed by atoms with Gasteiger partial charge >= 0.3 is 0 Å². The maximum absolute atomic E-state index is 12.2. The van der Waals surface area contributed by atoms with E-state index in [2.05, 4.69) is 0 Å². The number of carbonyl (C=O) groups excluding carboxylic acids is 1. The third kappa shape index (κ3) is 1.92. The van der Waals surface area contributed by atoms with Gasteiger partial charge in [-0.05, 0) is 38.0 Å². The molecule has 0 saturated carbocycles. The van der Waals surface area contributed by atoms with Crippen LogP contribution in [0.1, 0.15) is 26.3 Å². The van der Waals surface area contributed by atoms with Crippen LogP contribution in [0.15, 0.2) is 18.2 Å². The van der Waals surface area contributed by atoms with Gasteiger partial charge in [0.2, 0.25) is 0 Å². The smallest absolute Gasteiger partial charge is 0.271 e. The third-order valence-corrected chi connectivity index (χ3v) is 3.08. The predicted octanol–water partition coefficient (Wildman–Crippen LogP) is 2.28. The molecule has 1 heterocycles. The van der Waals surface area contributed by atoms with Gasteiger partial charge in [0.05, 0.1) is 11.8 Å². The van der Waals surface area contributed by atoms with Crippen LogP contribution in [0.3, 0.4) is 0 Å². The van der Waals surface area contributed by atoms with Crippen LogP contribution in [-0.4, -0.2) is 18.1 Å². The Kier molecular flexibility index (Phi) is 3.00. The molecule has 94 valence electrons. The van der Waals surface area contributed by atoms with Crippen LogP contribution >= 0.6 is 0 Å². The van der Waals surface area contributed by atoms with Crippen molar-refractivity contribution in [1.82, 2.24) is 0 Å². The van der Waals surface area contributed by atoms with Crippen molar-refractivity contribution in [2.24, 2.45) is 0 Å². The number of ether oxygens (including phenoxy) is 1. The Morgan fingerprint density at radius 2 is 2.17 bits per heavy atom. The zero-order chi connectivity index (χ0) is 13.3. The van der Waals surface area contributed by atoms with Gasteiger partial charge in [0, 0.05) is 0 Å². The standard InChI is InChI=1S/C14H16N2O2/c1-4-10-5-6-12-11(9-10)16(8-7-15)13(17)14(2,3)18-12/h5-6,9H,4,8H2,1-3H3. The number of nitriles is 1. The van der Waals surface area contributed by atoms with Crippen molar-refractivity contribution in [3.63, 3.8) is 0 Å². The molecule has 0 aliphatic carbocycles. The van der Waals surface area contributed by atoms with Gasteiger partial charge in [-0.2, -0.15) is 5.26 Å². The van der Waals surface area contributed by atoms with Gasteiger partial charge in [0.25, 0.3) is 5.91 Å². The van der Waals surface area contributed by atoms with Crippen molar-refractivity contribution in [2.75, 3.05) is 11.4 Å². The van der Waals surface area contributed by atoms with Gasteiger partial charge in [-0.1, -0.05) is 13.0 Å². The summed E-state index contributed by atoms with van der Waals surface area (Å²) in [5.74, 6) is 0.483. The number of anilines is 1. The molecular weight excluding hydrogens is 228 g/mol. The minimum atomic E-state index is -0.919. The fourth-order valence-electron chi connectivity index (χ4n) is 2.06. The Morgan fingerprint density at radius 3 is 2.78 bits per heavy atom. The van der Waals surface area contributed by atoms with Crippen molar-refractivity contribution in [3.05, 3.63) is 23.8 Å². The number of hydrogen-bond donors (Lipinski definition) is 0. The van der Waals surface area contributed by atoms with E-state index in [4.69, 9.17) is 10.00 Å². The van der Waals surface area contributed by atoms with Crippen molar-refractivity contribution >= 4 is 11.6 Å². The Bertz CT molecular complexity index is 529. The summed E-state index contributed by atoms with van der Waals surface area (Å²) in [6, 6.07) is 7.80. The molecule has 4 nitrogen and oxygen atoms in total. The second kappa shape index (κ2) is 4.34. The molecule has 0 bridgehead atoms. The van der Waals surface area contributed by atoms with Gasteiger partial charge in [-0.25, -0.2) is 0 Å². The van der Waals surface area contributed by atoms with Crippen molar-refractivity contribution < 1.29 is 9.53 Å². The van der Waals surface area contributed by atoms with Gasteiger partial charge in [-0.3, -0.25) is 9.69 Å². The summed E-state index contributed by atoms with van der Waals surface area (Å²) in [6.07, 6.45) is 0.880. The molecule has 0 atom stereocenters. The molecule has 1 amide bonds. The maximum Gasteiger partial charge on any atom is 0.271 e. The Balaban J connectivity index is 2.53. The highest BCUT2D eigenvalue weighted by molar-refractivity contribution is 6.02. The van der Waals surface area contributed by atoms with Crippen molar-refractivity contribution in [3.8, 4) is 11.8 Å². The summed E-state index contributed by atoms with van der Waals surface area (Å²) in [5.41, 5.74) is 0.894. The first-order valence-corrected chi connectivity index (χ1v) is 6.00. The summed E-state index contributed by atoms with van der Waals surface area (Å²) in [6.45, 7) is 5.53. The minimum Gasteiger partial charge on any atom is -0.476 e. The van der Waals surface area contributed by atoms with Crippen molar-refractivity contribution in [2.45, 2.75) is 32.8 Å². The molecule has 1 aromatic rings. The van der Waals surface area contributed by atoms with Gasteiger partial charge in [-0.15, -0.1) is 0 Å². The number of hydrogen-bond acceptors (Lipinski definition) is 3. The molecule has 0 saturated heterocycles. The Hall–Kier alpha value is -2.02. The van der Waals surface area contributed by atoms with Gasteiger partial charge in [0.15, 0.2) is 5.60 Å². The highest BCUT2D eigenvalue weighted by Crippen LogP contribution is 2.38. The lowest BCUT2D eigenvalue weighted by atomic mass is 10.0. The topological polar surface area (TPSA) is 53.3 Å². The fourth-order valence-corrected chi connectivity index (χ4v) is 2.06. The van der Waals surface area contributed by atoms with Gasteiger partial charge in [0.1, 0.15) is 12.3 Å². The van der Waals surface area contributed by atoms with E-state index in [0.717, 1.165) is 12.0 Å². The van der Waals surface area contributed by atoms with Crippen LogP contribution in [0, 0.1) is 11.3 Å². The number of benzene rings is 1. The molecule has 0 unspecified atom stereocenters. The van der Waals surface area contributed by atoms with Crippen LogP contribution in [0.4, 0.5) is 5.69 Å². The molecule has 0 fully saturated rings. The number of amides is 1. The second-order valence-corrected chi connectivity index (χ2v) is 4.82. The first kappa shape index (κ1) is 12.4. The number of carbonyl (C=O) groups is 1. The van der Waals surface area contributed by atoms with E-state index in [1.54, 1.807) is 13.8 Å². The van der Waals surface area contributed by atoms with E-state index in [1.807, 2.05) is 31.2 Å². The summed E-state index contributed by atoms with van der Waals surface area (Å²) in [7, 11) is 0. The number of fused-ring (bicyclic) bond motifs is 1. The third-order valence-electron chi connectivity index (χ3n) is 3.08. The summed E-state index contributed by atoms with van der Waals surface area (Å²) in [4.78, 5) is 13.7. The zero-order valence-electron chi connectivity index (χ0n) is 10.9. The molecule has 1 aliphatic heterocycles. The highest BCUT2D eigenvalue weighted by Gasteiger charge is 2.40. The highest BCUT2D eigenvalue weighted by atomic mass is 16.5. The van der Waals surface area contributed by atoms with Crippen LogP contribution in [0.2, 0.25) is 0 Å². The maximum atomic E-state index is 12.2. The molecule has 1 aliphatic rings. The Labute approximate surface area is 107 Å². The van der Waals surface area contributed by atoms with Crippen molar-refractivity contribution in [1.29, 1.82) is 5.26 Å².